The Bertz CT molecular complexity index is 440. The molecule has 18 heavy (non-hydrogen) atoms. The molecule has 0 aliphatic heterocycles. The molecule has 1 rings (SSSR count). The summed E-state index contributed by atoms with van der Waals surface area (Å²) in [5, 5.41) is 0. The Balaban J connectivity index is 3.43. The highest BCUT2D eigenvalue weighted by Crippen LogP contribution is 2.40. The van der Waals surface area contributed by atoms with E-state index in [9.17, 15) is 26.3 Å². The first-order chi connectivity index (χ1) is 8.06. The number of pyridine rings is 1. The van der Waals surface area contributed by atoms with Gasteiger partial charge in [0.25, 0.3) is 0 Å². The molecule has 9 heteroatoms. The highest BCUT2D eigenvalue weighted by atomic mass is 19.4. The number of halogens is 6. The maximum Gasteiger partial charge on any atom is 0.573 e. The highest BCUT2D eigenvalue weighted by Gasteiger charge is 2.41. The normalized spacial score (nSPS) is 12.7. The number of nitrogens with zero attached hydrogens (tertiary/aromatic N) is 1. The van der Waals surface area contributed by atoms with Crippen LogP contribution in [-0.4, -0.2) is 11.3 Å². The number of nitrogens with two attached hydrogens (primary N) is 1. The van der Waals surface area contributed by atoms with E-state index in [0.29, 0.717) is 6.20 Å². The minimum atomic E-state index is -5.23. The van der Waals surface area contributed by atoms with Gasteiger partial charge in [-0.2, -0.15) is 13.2 Å². The Hall–Kier alpha value is -1.51. The van der Waals surface area contributed by atoms with Gasteiger partial charge in [-0.25, -0.2) is 0 Å². The Kier molecular flexibility index (Phi) is 3.75. The van der Waals surface area contributed by atoms with Crippen LogP contribution in [0, 0.1) is 6.92 Å². The smallest absolute Gasteiger partial charge is 0.403 e. The van der Waals surface area contributed by atoms with Gasteiger partial charge < -0.3 is 10.5 Å². The second-order valence-corrected chi connectivity index (χ2v) is 3.31. The van der Waals surface area contributed by atoms with Crippen LogP contribution < -0.4 is 10.5 Å². The van der Waals surface area contributed by atoms with Crippen molar-refractivity contribution in [3.05, 3.63) is 23.0 Å². The van der Waals surface area contributed by atoms with E-state index in [-0.39, 0.29) is 5.69 Å². The molecule has 0 aliphatic rings. The average Bonchev–Trinajstić information content (AvgIpc) is 2.16. The summed E-state index contributed by atoms with van der Waals surface area (Å²) in [6, 6.07) is 0. The summed E-state index contributed by atoms with van der Waals surface area (Å²) in [5.41, 5.74) is 2.94. The fourth-order valence-corrected chi connectivity index (χ4v) is 1.39. The molecule has 0 atom stereocenters. The van der Waals surface area contributed by atoms with E-state index in [0.717, 1.165) is 0 Å². The van der Waals surface area contributed by atoms with Crippen molar-refractivity contribution < 1.29 is 31.1 Å². The molecule has 0 aliphatic carbocycles. The van der Waals surface area contributed by atoms with Crippen molar-refractivity contribution in [2.75, 3.05) is 0 Å². The van der Waals surface area contributed by atoms with Gasteiger partial charge in [-0.05, 0) is 6.92 Å². The van der Waals surface area contributed by atoms with Crippen LogP contribution in [0.3, 0.4) is 0 Å². The van der Waals surface area contributed by atoms with E-state index in [4.69, 9.17) is 5.73 Å². The Morgan fingerprint density at radius 2 is 1.78 bits per heavy atom. The molecule has 3 nitrogen and oxygen atoms in total. The summed E-state index contributed by atoms with van der Waals surface area (Å²) < 4.78 is 77.5. The molecule has 0 amide bonds. The van der Waals surface area contributed by atoms with E-state index in [1.165, 1.54) is 6.92 Å². The predicted molar refractivity (Wildman–Crippen MR) is 48.6 cm³/mol. The van der Waals surface area contributed by atoms with Gasteiger partial charge in [0.1, 0.15) is 5.56 Å². The molecular weight excluding hydrogens is 266 g/mol. The van der Waals surface area contributed by atoms with Crippen LogP contribution in [0.5, 0.6) is 5.75 Å². The molecule has 1 aromatic heterocycles. The van der Waals surface area contributed by atoms with Gasteiger partial charge in [0.2, 0.25) is 0 Å². The van der Waals surface area contributed by atoms with Crippen LogP contribution in [0.15, 0.2) is 6.20 Å². The van der Waals surface area contributed by atoms with Gasteiger partial charge >= 0.3 is 12.5 Å². The third-order valence-electron chi connectivity index (χ3n) is 2.07. The molecule has 0 aromatic carbocycles. The first-order valence-corrected chi connectivity index (χ1v) is 4.57. The zero-order valence-electron chi connectivity index (χ0n) is 8.99. The maximum atomic E-state index is 12.7. The van der Waals surface area contributed by atoms with Crippen LogP contribution in [0.25, 0.3) is 0 Å². The summed E-state index contributed by atoms with van der Waals surface area (Å²) in [7, 11) is 0. The molecular formula is C9H8F6N2O. The topological polar surface area (TPSA) is 48.1 Å². The maximum absolute atomic E-state index is 12.7. The molecule has 0 bridgehead atoms. The quantitative estimate of drug-likeness (QED) is 0.843. The number of alkyl halides is 6. The number of ether oxygens (including phenoxy) is 1. The largest absolute Gasteiger partial charge is 0.573 e. The second kappa shape index (κ2) is 4.63. The predicted octanol–water partition coefficient (Wildman–Crippen LogP) is 2.77. The van der Waals surface area contributed by atoms with Gasteiger partial charge in [-0.1, -0.05) is 0 Å². The van der Waals surface area contributed by atoms with E-state index < -0.39 is 36.0 Å². The zero-order valence-corrected chi connectivity index (χ0v) is 8.99. The Morgan fingerprint density at radius 1 is 1.22 bits per heavy atom. The molecule has 0 spiro atoms. The van der Waals surface area contributed by atoms with E-state index in [2.05, 4.69) is 9.72 Å². The number of aryl methyl sites for hydroxylation is 1. The van der Waals surface area contributed by atoms with Crippen LogP contribution in [0.4, 0.5) is 26.3 Å². The van der Waals surface area contributed by atoms with Crippen molar-refractivity contribution in [2.45, 2.75) is 26.0 Å². The van der Waals surface area contributed by atoms with Gasteiger partial charge in [-0.15, -0.1) is 13.2 Å². The fourth-order valence-electron chi connectivity index (χ4n) is 1.39. The molecule has 2 N–H and O–H groups in total. The minimum absolute atomic E-state index is 0.0978. The van der Waals surface area contributed by atoms with Crippen LogP contribution in [-0.2, 0) is 12.7 Å². The van der Waals surface area contributed by atoms with Gasteiger partial charge in [0.15, 0.2) is 5.75 Å². The first-order valence-electron chi connectivity index (χ1n) is 4.57. The van der Waals surface area contributed by atoms with E-state index in [1.54, 1.807) is 0 Å². The number of hydrogen-bond donors (Lipinski definition) is 1. The van der Waals surface area contributed by atoms with Crippen molar-refractivity contribution >= 4 is 0 Å². The Labute approximate surface area is 97.6 Å². The van der Waals surface area contributed by atoms with Crippen LogP contribution in [0.1, 0.15) is 16.8 Å². The SMILES string of the molecule is Cc1ncc(OC(F)(F)F)c(C(F)(F)F)c1CN. The molecule has 1 aromatic rings. The van der Waals surface area contributed by atoms with Crippen LogP contribution in [0.2, 0.25) is 0 Å². The summed E-state index contributed by atoms with van der Waals surface area (Å²) in [4.78, 5) is 3.40. The summed E-state index contributed by atoms with van der Waals surface area (Å²) >= 11 is 0. The van der Waals surface area contributed by atoms with E-state index >= 15 is 0 Å². The summed E-state index contributed by atoms with van der Waals surface area (Å²) in [6.45, 7) is 0.623. The Morgan fingerprint density at radius 3 is 2.17 bits per heavy atom. The monoisotopic (exact) mass is 274 g/mol. The summed E-state index contributed by atoms with van der Waals surface area (Å²) in [6.07, 6.45) is -9.86. The molecule has 102 valence electrons. The summed E-state index contributed by atoms with van der Waals surface area (Å²) in [5.74, 6) is -1.40. The average molecular weight is 274 g/mol. The van der Waals surface area contributed by atoms with Crippen molar-refractivity contribution in [1.29, 1.82) is 0 Å². The number of hydrogen-bond acceptors (Lipinski definition) is 3. The molecule has 0 radical (unpaired) electrons. The fraction of sp³-hybridized carbons (Fsp3) is 0.444. The van der Waals surface area contributed by atoms with Crippen LogP contribution >= 0.6 is 0 Å². The molecule has 0 fully saturated rings. The van der Waals surface area contributed by atoms with Crippen molar-refractivity contribution in [3.8, 4) is 5.75 Å². The lowest BCUT2D eigenvalue weighted by Gasteiger charge is -2.18. The molecule has 0 saturated heterocycles. The van der Waals surface area contributed by atoms with Crippen molar-refractivity contribution in [1.82, 2.24) is 4.98 Å². The zero-order chi connectivity index (χ0) is 14.1. The van der Waals surface area contributed by atoms with E-state index in [1.807, 2.05) is 0 Å². The number of rotatable bonds is 2. The molecule has 1 heterocycles. The highest BCUT2D eigenvalue weighted by molar-refractivity contribution is 5.42. The third-order valence-corrected chi connectivity index (χ3v) is 2.07. The van der Waals surface area contributed by atoms with Crippen molar-refractivity contribution in [3.63, 3.8) is 0 Å². The van der Waals surface area contributed by atoms with Gasteiger partial charge in [0, 0.05) is 17.8 Å². The number of aromatic nitrogens is 1. The minimum Gasteiger partial charge on any atom is -0.403 e. The molecule has 0 unspecified atom stereocenters. The molecule has 0 saturated carbocycles. The van der Waals surface area contributed by atoms with Gasteiger partial charge in [-0.3, -0.25) is 4.98 Å². The lowest BCUT2D eigenvalue weighted by Crippen LogP contribution is -2.22. The lowest BCUT2D eigenvalue weighted by atomic mass is 10.1. The van der Waals surface area contributed by atoms with Crippen molar-refractivity contribution in [2.24, 2.45) is 5.73 Å². The van der Waals surface area contributed by atoms with Gasteiger partial charge in [0.05, 0.1) is 6.20 Å². The second-order valence-electron chi connectivity index (χ2n) is 3.31. The lowest BCUT2D eigenvalue weighted by molar-refractivity contribution is -0.276. The first kappa shape index (κ1) is 14.6. The standard InChI is InChI=1S/C9H8F6N2O/c1-4-5(2-16)7(8(10,11)12)6(3-17-4)18-9(13,14)15/h3H,2,16H2,1H3. The third kappa shape index (κ3) is 3.25.